The van der Waals surface area contributed by atoms with Crippen LogP contribution >= 0.6 is 15.9 Å². The molecule has 1 heterocycles. The number of benzene rings is 1. The van der Waals surface area contributed by atoms with Crippen LogP contribution < -0.4 is 10.2 Å². The SMILES string of the molecule is CC(=O)N(CCNC(=O)c1ccc(Br)cc1)c1cc(C)on1. The van der Waals surface area contributed by atoms with Crippen LogP contribution in [0.3, 0.4) is 0 Å². The predicted molar refractivity (Wildman–Crippen MR) is 85.7 cm³/mol. The summed E-state index contributed by atoms with van der Waals surface area (Å²) < 4.78 is 5.88. The average Bonchev–Trinajstić information content (AvgIpc) is 2.90. The van der Waals surface area contributed by atoms with Crippen molar-refractivity contribution in [1.82, 2.24) is 10.5 Å². The third-order valence-corrected chi connectivity index (χ3v) is 3.53. The van der Waals surface area contributed by atoms with E-state index in [9.17, 15) is 9.59 Å². The molecule has 2 amide bonds. The van der Waals surface area contributed by atoms with E-state index in [1.807, 2.05) is 0 Å². The van der Waals surface area contributed by atoms with Crippen molar-refractivity contribution in [2.75, 3.05) is 18.0 Å². The van der Waals surface area contributed by atoms with E-state index >= 15 is 0 Å². The molecule has 0 unspecified atom stereocenters. The van der Waals surface area contributed by atoms with E-state index in [0.717, 1.165) is 4.47 Å². The summed E-state index contributed by atoms with van der Waals surface area (Å²) in [5, 5.41) is 6.59. The van der Waals surface area contributed by atoms with Crippen LogP contribution in [-0.4, -0.2) is 30.1 Å². The van der Waals surface area contributed by atoms with Gasteiger partial charge in [0.05, 0.1) is 0 Å². The van der Waals surface area contributed by atoms with E-state index in [2.05, 4.69) is 26.4 Å². The highest BCUT2D eigenvalue weighted by Crippen LogP contribution is 2.13. The standard InChI is InChI=1S/C15H16BrN3O3/c1-10-9-14(18-22-10)19(11(2)20)8-7-17-15(21)12-3-5-13(16)6-4-12/h3-6,9H,7-8H2,1-2H3,(H,17,21). The Morgan fingerprint density at radius 3 is 2.55 bits per heavy atom. The van der Waals surface area contributed by atoms with Crippen LogP contribution in [0.4, 0.5) is 5.82 Å². The monoisotopic (exact) mass is 365 g/mol. The average molecular weight is 366 g/mol. The topological polar surface area (TPSA) is 75.4 Å². The normalized spacial score (nSPS) is 10.3. The molecule has 1 N–H and O–H groups in total. The van der Waals surface area contributed by atoms with Gasteiger partial charge in [-0.15, -0.1) is 0 Å². The summed E-state index contributed by atoms with van der Waals surface area (Å²) in [6, 6.07) is 8.73. The summed E-state index contributed by atoms with van der Waals surface area (Å²) in [5.74, 6) is 0.724. The number of nitrogens with zero attached hydrogens (tertiary/aromatic N) is 2. The Bertz CT molecular complexity index is 667. The summed E-state index contributed by atoms with van der Waals surface area (Å²) in [6.07, 6.45) is 0. The van der Waals surface area contributed by atoms with Crippen molar-refractivity contribution in [3.05, 3.63) is 46.1 Å². The maximum atomic E-state index is 12.0. The third-order valence-electron chi connectivity index (χ3n) is 3.00. The Hall–Kier alpha value is -2.15. The molecule has 0 saturated carbocycles. The van der Waals surface area contributed by atoms with Crippen molar-refractivity contribution in [3.63, 3.8) is 0 Å². The number of nitrogens with one attached hydrogen (secondary N) is 1. The molecule has 22 heavy (non-hydrogen) atoms. The number of hydrogen-bond donors (Lipinski definition) is 1. The van der Waals surface area contributed by atoms with Crippen molar-refractivity contribution in [3.8, 4) is 0 Å². The molecule has 0 saturated heterocycles. The van der Waals surface area contributed by atoms with Crippen LogP contribution in [0.2, 0.25) is 0 Å². The van der Waals surface area contributed by atoms with E-state index in [0.29, 0.717) is 30.2 Å². The van der Waals surface area contributed by atoms with Gasteiger partial charge in [-0.3, -0.25) is 14.5 Å². The second-order valence-corrected chi connectivity index (χ2v) is 5.64. The minimum absolute atomic E-state index is 0.161. The Morgan fingerprint density at radius 1 is 1.32 bits per heavy atom. The van der Waals surface area contributed by atoms with E-state index in [1.54, 1.807) is 37.3 Å². The lowest BCUT2D eigenvalue weighted by Gasteiger charge is -2.17. The zero-order valence-corrected chi connectivity index (χ0v) is 13.9. The summed E-state index contributed by atoms with van der Waals surface area (Å²) in [7, 11) is 0. The predicted octanol–water partition coefficient (Wildman–Crippen LogP) is 2.53. The quantitative estimate of drug-likeness (QED) is 0.883. The zero-order chi connectivity index (χ0) is 16.1. The van der Waals surface area contributed by atoms with Crippen LogP contribution in [-0.2, 0) is 4.79 Å². The minimum atomic E-state index is -0.188. The van der Waals surface area contributed by atoms with Crippen molar-refractivity contribution in [1.29, 1.82) is 0 Å². The fourth-order valence-electron chi connectivity index (χ4n) is 1.90. The van der Waals surface area contributed by atoms with Crippen molar-refractivity contribution in [2.24, 2.45) is 0 Å². The van der Waals surface area contributed by atoms with Crippen LogP contribution in [0, 0.1) is 6.92 Å². The van der Waals surface area contributed by atoms with Gasteiger partial charge in [-0.25, -0.2) is 0 Å². The van der Waals surface area contributed by atoms with Gasteiger partial charge in [0.2, 0.25) is 5.91 Å². The molecule has 7 heteroatoms. The smallest absolute Gasteiger partial charge is 0.251 e. The summed E-state index contributed by atoms with van der Waals surface area (Å²) >= 11 is 3.32. The lowest BCUT2D eigenvalue weighted by molar-refractivity contribution is -0.116. The van der Waals surface area contributed by atoms with Crippen molar-refractivity contribution < 1.29 is 14.1 Å². The highest BCUT2D eigenvalue weighted by molar-refractivity contribution is 9.10. The number of aryl methyl sites for hydroxylation is 1. The number of carbonyl (C=O) groups excluding carboxylic acids is 2. The number of anilines is 1. The minimum Gasteiger partial charge on any atom is -0.360 e. The summed E-state index contributed by atoms with van der Waals surface area (Å²) in [6.45, 7) is 3.84. The Morgan fingerprint density at radius 2 is 2.00 bits per heavy atom. The lowest BCUT2D eigenvalue weighted by Crippen LogP contribution is -2.37. The van der Waals surface area contributed by atoms with E-state index < -0.39 is 0 Å². The van der Waals surface area contributed by atoms with E-state index in [-0.39, 0.29) is 11.8 Å². The van der Waals surface area contributed by atoms with Crippen LogP contribution in [0.15, 0.2) is 39.3 Å². The highest BCUT2D eigenvalue weighted by Gasteiger charge is 2.15. The molecule has 6 nitrogen and oxygen atoms in total. The van der Waals surface area contributed by atoms with Gasteiger partial charge in [-0.1, -0.05) is 21.1 Å². The first kappa shape index (κ1) is 16.2. The van der Waals surface area contributed by atoms with Gasteiger partial charge >= 0.3 is 0 Å². The second kappa shape index (κ2) is 7.22. The second-order valence-electron chi connectivity index (χ2n) is 4.73. The van der Waals surface area contributed by atoms with Crippen molar-refractivity contribution in [2.45, 2.75) is 13.8 Å². The van der Waals surface area contributed by atoms with Gasteiger partial charge in [-0.2, -0.15) is 0 Å². The van der Waals surface area contributed by atoms with Gasteiger partial charge in [0.25, 0.3) is 5.91 Å². The molecule has 0 aliphatic carbocycles. The Kier molecular flexibility index (Phi) is 5.32. The Balaban J connectivity index is 1.92. The number of amides is 2. The molecule has 0 aliphatic heterocycles. The fourth-order valence-corrected chi connectivity index (χ4v) is 2.16. The lowest BCUT2D eigenvalue weighted by atomic mass is 10.2. The van der Waals surface area contributed by atoms with Gasteiger partial charge < -0.3 is 9.84 Å². The Labute approximate surface area is 136 Å². The molecule has 0 spiro atoms. The number of halogens is 1. The van der Waals surface area contributed by atoms with Crippen molar-refractivity contribution >= 4 is 33.6 Å². The van der Waals surface area contributed by atoms with Gasteiger partial charge in [0, 0.05) is 36.1 Å². The van der Waals surface area contributed by atoms with Gasteiger partial charge in [-0.05, 0) is 31.2 Å². The number of aromatic nitrogens is 1. The summed E-state index contributed by atoms with van der Waals surface area (Å²) in [5.41, 5.74) is 0.565. The molecule has 0 atom stereocenters. The molecular weight excluding hydrogens is 350 g/mol. The third kappa shape index (κ3) is 4.17. The summed E-state index contributed by atoms with van der Waals surface area (Å²) in [4.78, 5) is 25.1. The molecule has 0 aliphatic rings. The van der Waals surface area contributed by atoms with E-state index in [1.165, 1.54) is 11.8 Å². The molecule has 116 valence electrons. The molecule has 2 aromatic rings. The maximum absolute atomic E-state index is 12.0. The number of hydrogen-bond acceptors (Lipinski definition) is 4. The zero-order valence-electron chi connectivity index (χ0n) is 12.3. The van der Waals surface area contributed by atoms with Crippen LogP contribution in [0.5, 0.6) is 0 Å². The first-order chi connectivity index (χ1) is 10.5. The molecule has 2 rings (SSSR count). The molecule has 0 bridgehead atoms. The van der Waals surface area contributed by atoms with E-state index in [4.69, 9.17) is 4.52 Å². The molecule has 0 fully saturated rings. The highest BCUT2D eigenvalue weighted by atomic mass is 79.9. The number of rotatable bonds is 5. The van der Waals surface area contributed by atoms with Gasteiger partial charge in [0.15, 0.2) is 5.82 Å². The van der Waals surface area contributed by atoms with Crippen LogP contribution in [0.25, 0.3) is 0 Å². The maximum Gasteiger partial charge on any atom is 0.251 e. The van der Waals surface area contributed by atoms with Gasteiger partial charge in [0.1, 0.15) is 5.76 Å². The molecule has 1 aromatic heterocycles. The fraction of sp³-hybridized carbons (Fsp3) is 0.267. The first-order valence-electron chi connectivity index (χ1n) is 6.72. The largest absolute Gasteiger partial charge is 0.360 e. The van der Waals surface area contributed by atoms with Crippen LogP contribution in [0.1, 0.15) is 23.0 Å². The molecule has 1 aromatic carbocycles. The first-order valence-corrected chi connectivity index (χ1v) is 7.52. The number of carbonyl (C=O) groups is 2. The molecule has 0 radical (unpaired) electrons. The molecular formula is C15H16BrN3O3.